The Bertz CT molecular complexity index is 806. The van der Waals surface area contributed by atoms with Crippen LogP contribution in [0.4, 0.5) is 5.69 Å². The van der Waals surface area contributed by atoms with Gasteiger partial charge in [-0.2, -0.15) is 0 Å². The van der Waals surface area contributed by atoms with Crippen molar-refractivity contribution in [3.63, 3.8) is 0 Å². The minimum Gasteiger partial charge on any atom is -0.370 e. The van der Waals surface area contributed by atoms with Crippen molar-refractivity contribution in [2.24, 2.45) is 11.3 Å². The highest BCUT2D eigenvalue weighted by Crippen LogP contribution is 2.44. The Kier molecular flexibility index (Phi) is 5.42. The summed E-state index contributed by atoms with van der Waals surface area (Å²) in [6, 6.07) is 2.41. The molecule has 1 saturated heterocycles. The van der Waals surface area contributed by atoms with E-state index in [1.165, 1.54) is 0 Å². The number of anilines is 1. The highest BCUT2D eigenvalue weighted by Gasteiger charge is 2.48. The Balaban J connectivity index is 1.57. The number of allylic oxidation sites excluding steroid dienone is 2. The zero-order chi connectivity index (χ0) is 19.8. The molecule has 3 aliphatic rings. The van der Waals surface area contributed by atoms with Crippen LogP contribution < -0.4 is 4.90 Å². The summed E-state index contributed by atoms with van der Waals surface area (Å²) in [5.74, 6) is 7.03. The van der Waals surface area contributed by atoms with E-state index in [4.69, 9.17) is 4.74 Å². The predicted molar refractivity (Wildman–Crippen MR) is 116 cm³/mol. The number of ether oxygens (including phenoxy) is 1. The lowest BCUT2D eigenvalue weighted by Gasteiger charge is -2.37. The van der Waals surface area contributed by atoms with Crippen LogP contribution in [-0.4, -0.2) is 24.2 Å². The Morgan fingerprint density at radius 1 is 1.25 bits per heavy atom. The van der Waals surface area contributed by atoms with E-state index >= 15 is 0 Å². The van der Waals surface area contributed by atoms with Crippen molar-refractivity contribution in [2.75, 3.05) is 11.5 Å². The van der Waals surface area contributed by atoms with Gasteiger partial charge in [-0.15, -0.1) is 11.3 Å². The van der Waals surface area contributed by atoms with Crippen molar-refractivity contribution in [2.45, 2.75) is 77.4 Å². The summed E-state index contributed by atoms with van der Waals surface area (Å²) < 4.78 is 5.69. The zero-order valence-electron chi connectivity index (χ0n) is 17.3. The number of hydrogen-bond acceptors (Lipinski definition) is 3. The molecule has 2 aliphatic carbocycles. The van der Waals surface area contributed by atoms with E-state index in [9.17, 15) is 4.79 Å². The van der Waals surface area contributed by atoms with Gasteiger partial charge in [0.2, 0.25) is 5.91 Å². The molecule has 1 amide bonds. The van der Waals surface area contributed by atoms with E-state index in [1.54, 1.807) is 11.3 Å². The Labute approximate surface area is 173 Å². The average molecular weight is 398 g/mol. The molecule has 2 heterocycles. The third-order valence-electron chi connectivity index (χ3n) is 6.06. The fraction of sp³-hybridized carbons (Fsp3) is 0.625. The standard InChI is InChI=1S/C24H31NO2S/c1-23(2,3)12-11-21-15-20(16-28-21)25(22(26)18-7-5-4-6-8-18)19-9-13-24(14-10-19)17-27-24/h4-5,15-16,18-19H,6-10,13-14,17H2,1-3H3/t18-,19?,24?/m0/s1. The van der Waals surface area contributed by atoms with Gasteiger partial charge in [-0.05, 0) is 71.8 Å². The number of thiophene rings is 1. The van der Waals surface area contributed by atoms with Crippen LogP contribution in [0.25, 0.3) is 0 Å². The lowest BCUT2D eigenvalue weighted by molar-refractivity contribution is -0.123. The molecule has 0 radical (unpaired) electrons. The van der Waals surface area contributed by atoms with Crippen LogP contribution in [0.5, 0.6) is 0 Å². The fourth-order valence-electron chi connectivity index (χ4n) is 4.28. The first-order valence-electron chi connectivity index (χ1n) is 10.6. The monoisotopic (exact) mass is 397 g/mol. The first-order chi connectivity index (χ1) is 13.4. The second kappa shape index (κ2) is 7.69. The first kappa shape index (κ1) is 19.7. The number of rotatable bonds is 3. The molecule has 1 saturated carbocycles. The minimum atomic E-state index is -0.0178. The smallest absolute Gasteiger partial charge is 0.230 e. The van der Waals surface area contributed by atoms with E-state index in [2.05, 4.69) is 61.1 Å². The molecular formula is C24H31NO2S. The number of amides is 1. The molecule has 3 nitrogen and oxygen atoms in total. The molecule has 0 bridgehead atoms. The van der Waals surface area contributed by atoms with Gasteiger partial charge in [-0.25, -0.2) is 0 Å². The lowest BCUT2D eigenvalue weighted by atomic mass is 9.84. The number of hydrogen-bond donors (Lipinski definition) is 0. The normalized spacial score (nSPS) is 29.2. The number of nitrogens with zero attached hydrogens (tertiary/aromatic N) is 1. The van der Waals surface area contributed by atoms with Gasteiger partial charge in [0, 0.05) is 22.8 Å². The third-order valence-corrected chi connectivity index (χ3v) is 6.90. The summed E-state index contributed by atoms with van der Waals surface area (Å²) in [6.07, 6.45) is 11.4. The van der Waals surface area contributed by atoms with Gasteiger partial charge in [-0.3, -0.25) is 4.79 Å². The van der Waals surface area contributed by atoms with Gasteiger partial charge in [0.1, 0.15) is 0 Å². The molecule has 4 rings (SSSR count). The van der Waals surface area contributed by atoms with Gasteiger partial charge >= 0.3 is 0 Å². The van der Waals surface area contributed by atoms with Crippen LogP contribution in [0.2, 0.25) is 0 Å². The molecule has 1 spiro atoms. The van der Waals surface area contributed by atoms with Crippen LogP contribution in [0.3, 0.4) is 0 Å². The quantitative estimate of drug-likeness (QED) is 0.381. The zero-order valence-corrected chi connectivity index (χ0v) is 18.1. The lowest BCUT2D eigenvalue weighted by Crippen LogP contribution is -2.46. The molecule has 4 heteroatoms. The largest absolute Gasteiger partial charge is 0.370 e. The predicted octanol–water partition coefficient (Wildman–Crippen LogP) is 5.55. The highest BCUT2D eigenvalue weighted by molar-refractivity contribution is 7.11. The maximum absolute atomic E-state index is 13.5. The topological polar surface area (TPSA) is 32.8 Å². The van der Waals surface area contributed by atoms with Crippen LogP contribution in [0.1, 0.15) is 70.6 Å². The second-order valence-corrected chi connectivity index (χ2v) is 10.5. The molecule has 0 aromatic carbocycles. The summed E-state index contributed by atoms with van der Waals surface area (Å²) in [6.45, 7) is 7.28. The summed E-state index contributed by atoms with van der Waals surface area (Å²) in [5.41, 5.74) is 1.17. The maximum Gasteiger partial charge on any atom is 0.230 e. The number of epoxide rings is 1. The van der Waals surface area contributed by atoms with Crippen molar-refractivity contribution in [1.82, 2.24) is 0 Å². The van der Waals surface area contributed by atoms with Crippen LogP contribution in [0.15, 0.2) is 23.6 Å². The number of carbonyl (C=O) groups is 1. The molecule has 28 heavy (non-hydrogen) atoms. The molecule has 2 fully saturated rings. The summed E-state index contributed by atoms with van der Waals surface area (Å²) in [4.78, 5) is 16.7. The fourth-order valence-corrected chi connectivity index (χ4v) is 5.01. The van der Waals surface area contributed by atoms with Crippen molar-refractivity contribution < 1.29 is 9.53 Å². The van der Waals surface area contributed by atoms with Gasteiger partial charge in [-0.1, -0.05) is 24.0 Å². The molecule has 0 unspecified atom stereocenters. The van der Waals surface area contributed by atoms with Crippen molar-refractivity contribution in [3.05, 3.63) is 28.5 Å². The van der Waals surface area contributed by atoms with E-state index in [0.717, 1.165) is 62.1 Å². The van der Waals surface area contributed by atoms with E-state index in [-0.39, 0.29) is 23.0 Å². The van der Waals surface area contributed by atoms with Crippen molar-refractivity contribution >= 4 is 22.9 Å². The Hall–Kier alpha value is -1.57. The molecule has 0 N–H and O–H groups in total. The van der Waals surface area contributed by atoms with Gasteiger partial charge < -0.3 is 9.64 Å². The van der Waals surface area contributed by atoms with E-state index in [1.807, 2.05) is 0 Å². The van der Waals surface area contributed by atoms with Crippen LogP contribution >= 0.6 is 11.3 Å². The maximum atomic E-state index is 13.5. The average Bonchev–Trinajstić information content (AvgIpc) is 3.27. The third kappa shape index (κ3) is 4.53. The molecule has 1 aromatic rings. The first-order valence-corrected chi connectivity index (χ1v) is 11.5. The van der Waals surface area contributed by atoms with Gasteiger partial charge in [0.15, 0.2) is 0 Å². The van der Waals surface area contributed by atoms with E-state index in [0.29, 0.717) is 5.91 Å². The minimum absolute atomic E-state index is 0.0178. The molecule has 1 aromatic heterocycles. The Morgan fingerprint density at radius 3 is 2.61 bits per heavy atom. The molecule has 1 aliphatic heterocycles. The van der Waals surface area contributed by atoms with Gasteiger partial charge in [0.05, 0.1) is 22.8 Å². The van der Waals surface area contributed by atoms with Crippen molar-refractivity contribution in [3.8, 4) is 11.8 Å². The summed E-state index contributed by atoms with van der Waals surface area (Å²) in [5, 5.41) is 2.13. The molecule has 150 valence electrons. The second-order valence-electron chi connectivity index (χ2n) is 9.56. The molecule has 1 atom stereocenters. The molecular weight excluding hydrogens is 366 g/mol. The van der Waals surface area contributed by atoms with Crippen LogP contribution in [0, 0.1) is 23.2 Å². The summed E-state index contributed by atoms with van der Waals surface area (Å²) >= 11 is 1.65. The van der Waals surface area contributed by atoms with Gasteiger partial charge in [0.25, 0.3) is 0 Å². The van der Waals surface area contributed by atoms with Crippen molar-refractivity contribution in [1.29, 1.82) is 0 Å². The van der Waals surface area contributed by atoms with E-state index < -0.39 is 0 Å². The SMILES string of the molecule is CC(C)(C)C#Cc1cc(N(C(=O)[C@H]2CC=CCC2)C2CCC3(CC2)CO3)cs1. The summed E-state index contributed by atoms with van der Waals surface area (Å²) in [7, 11) is 0. The number of carbonyl (C=O) groups excluding carboxylic acids is 1. The Morgan fingerprint density at radius 2 is 2.00 bits per heavy atom. The highest BCUT2D eigenvalue weighted by atomic mass is 32.1. The van der Waals surface area contributed by atoms with Crippen LogP contribution in [-0.2, 0) is 9.53 Å².